The molecule has 4 nitrogen and oxygen atoms in total. The van der Waals surface area contributed by atoms with E-state index in [1.54, 1.807) is 0 Å². The molecular weight excluding hydrogens is 400 g/mol. The lowest BCUT2D eigenvalue weighted by molar-refractivity contribution is -0.126. The highest BCUT2D eigenvalue weighted by Gasteiger charge is 2.39. The van der Waals surface area contributed by atoms with Gasteiger partial charge >= 0.3 is 0 Å². The fourth-order valence-electron chi connectivity index (χ4n) is 3.59. The van der Waals surface area contributed by atoms with Gasteiger partial charge in [-0.2, -0.15) is 0 Å². The van der Waals surface area contributed by atoms with E-state index in [2.05, 4.69) is 11.8 Å². The third-order valence-electron chi connectivity index (χ3n) is 5.30. The number of carbonyl (C=O) groups excluding carboxylic acids is 1. The molecule has 3 aromatic rings. The molecule has 1 saturated heterocycles. The van der Waals surface area contributed by atoms with E-state index in [0.29, 0.717) is 26.2 Å². The van der Waals surface area contributed by atoms with Gasteiger partial charge in [0, 0.05) is 12.0 Å². The van der Waals surface area contributed by atoms with E-state index < -0.39 is 6.10 Å². The molecular formula is C28H26O4. The molecule has 3 atom stereocenters. The summed E-state index contributed by atoms with van der Waals surface area (Å²) in [6.45, 7) is 1.30. The minimum atomic E-state index is -0.614. The Labute approximate surface area is 189 Å². The van der Waals surface area contributed by atoms with Crippen molar-refractivity contribution in [3.8, 4) is 11.8 Å². The van der Waals surface area contributed by atoms with Crippen molar-refractivity contribution in [2.24, 2.45) is 0 Å². The molecule has 0 bridgehead atoms. The minimum absolute atomic E-state index is 0.229. The zero-order valence-corrected chi connectivity index (χ0v) is 17.9. The molecule has 0 aliphatic carbocycles. The predicted molar refractivity (Wildman–Crippen MR) is 123 cm³/mol. The fraction of sp³-hybridized carbons (Fsp3) is 0.250. The van der Waals surface area contributed by atoms with E-state index in [1.807, 2.05) is 91.0 Å². The molecule has 0 saturated carbocycles. The second kappa shape index (κ2) is 11.4. The van der Waals surface area contributed by atoms with Gasteiger partial charge in [-0.25, -0.2) is 0 Å². The summed E-state index contributed by atoms with van der Waals surface area (Å²) in [5, 5.41) is 0. The van der Waals surface area contributed by atoms with E-state index in [4.69, 9.17) is 14.2 Å². The largest absolute Gasteiger partial charge is 0.374 e. The van der Waals surface area contributed by atoms with Gasteiger partial charge in [0.25, 0.3) is 0 Å². The number of hydrogen-bond acceptors (Lipinski definition) is 4. The summed E-state index contributed by atoms with van der Waals surface area (Å²) in [5.41, 5.74) is 2.97. The summed E-state index contributed by atoms with van der Waals surface area (Å²) in [6.07, 6.45) is -0.709. The lowest BCUT2D eigenvalue weighted by atomic mass is 10.1. The molecule has 3 aromatic carbocycles. The van der Waals surface area contributed by atoms with Crippen LogP contribution < -0.4 is 0 Å². The van der Waals surface area contributed by atoms with Crippen molar-refractivity contribution in [1.82, 2.24) is 0 Å². The topological polar surface area (TPSA) is 44.8 Å². The maximum Gasteiger partial charge on any atom is 0.234 e. The summed E-state index contributed by atoms with van der Waals surface area (Å²) in [5.74, 6) is 5.42. The summed E-state index contributed by atoms with van der Waals surface area (Å²) in [7, 11) is 0. The average molecular weight is 427 g/mol. The number of carbonyl (C=O) groups is 1. The first-order valence-electron chi connectivity index (χ1n) is 10.8. The van der Waals surface area contributed by atoms with Crippen LogP contribution in [0.15, 0.2) is 91.0 Å². The lowest BCUT2D eigenvalue weighted by Gasteiger charge is -2.19. The van der Waals surface area contributed by atoms with Gasteiger partial charge in [0.2, 0.25) is 5.78 Å². The molecule has 1 aliphatic heterocycles. The van der Waals surface area contributed by atoms with Crippen LogP contribution in [-0.2, 0) is 32.2 Å². The van der Waals surface area contributed by atoms with Gasteiger partial charge in [-0.3, -0.25) is 4.79 Å². The monoisotopic (exact) mass is 426 g/mol. The zero-order chi connectivity index (χ0) is 22.0. The van der Waals surface area contributed by atoms with Gasteiger partial charge in [-0.1, -0.05) is 84.8 Å². The Kier molecular flexibility index (Phi) is 7.84. The highest BCUT2D eigenvalue weighted by atomic mass is 16.6. The first-order valence-corrected chi connectivity index (χ1v) is 10.8. The van der Waals surface area contributed by atoms with Crippen LogP contribution in [0.25, 0.3) is 0 Å². The van der Waals surface area contributed by atoms with Crippen LogP contribution in [0, 0.1) is 11.8 Å². The molecule has 0 N–H and O–H groups in total. The zero-order valence-electron chi connectivity index (χ0n) is 17.9. The lowest BCUT2D eigenvalue weighted by Crippen LogP contribution is -2.29. The number of hydrogen-bond donors (Lipinski definition) is 0. The number of Topliss-reactive ketones (excluding diaryl/α,β-unsaturated/α-hetero) is 1. The van der Waals surface area contributed by atoms with Crippen molar-refractivity contribution < 1.29 is 19.0 Å². The average Bonchev–Trinajstić information content (AvgIpc) is 3.26. The van der Waals surface area contributed by atoms with Gasteiger partial charge in [0.15, 0.2) is 0 Å². The molecule has 0 spiro atoms. The van der Waals surface area contributed by atoms with E-state index >= 15 is 0 Å². The standard InChI is InChI=1S/C28H26O4/c29-25(17-16-22-10-4-1-5-11-22)26-18-27(31-20-24-14-8-3-9-15-24)28(32-26)21-30-19-23-12-6-2-7-13-23/h1-15,26-28H,18-21H2/t26-,27-,28+/m0/s1. The summed E-state index contributed by atoms with van der Waals surface area (Å²) in [6, 6.07) is 29.4. The van der Waals surface area contributed by atoms with Gasteiger partial charge < -0.3 is 14.2 Å². The van der Waals surface area contributed by atoms with Crippen LogP contribution in [0.1, 0.15) is 23.1 Å². The quantitative estimate of drug-likeness (QED) is 0.495. The third kappa shape index (κ3) is 6.38. The Bertz CT molecular complexity index is 1040. The first kappa shape index (κ1) is 22.0. The van der Waals surface area contributed by atoms with E-state index in [1.165, 1.54) is 0 Å². The molecule has 1 heterocycles. The van der Waals surface area contributed by atoms with Crippen molar-refractivity contribution in [2.75, 3.05) is 6.61 Å². The van der Waals surface area contributed by atoms with E-state index in [9.17, 15) is 4.79 Å². The van der Waals surface area contributed by atoms with Gasteiger partial charge in [0.1, 0.15) is 12.2 Å². The molecule has 4 rings (SSSR count). The van der Waals surface area contributed by atoms with Gasteiger partial charge in [-0.05, 0) is 29.2 Å². The summed E-state index contributed by atoms with van der Waals surface area (Å²) < 4.78 is 18.1. The Morgan fingerprint density at radius 1 is 0.844 bits per heavy atom. The van der Waals surface area contributed by atoms with Crippen molar-refractivity contribution in [1.29, 1.82) is 0 Å². The van der Waals surface area contributed by atoms with Crippen LogP contribution in [0.2, 0.25) is 0 Å². The SMILES string of the molecule is O=C(C#Cc1ccccc1)[C@@H]1C[C@H](OCc2ccccc2)[C@@H](COCc2ccccc2)O1. The Balaban J connectivity index is 1.38. The smallest absolute Gasteiger partial charge is 0.234 e. The van der Waals surface area contributed by atoms with E-state index in [-0.39, 0.29) is 18.0 Å². The number of benzene rings is 3. The summed E-state index contributed by atoms with van der Waals surface area (Å²) >= 11 is 0. The second-order valence-electron chi connectivity index (χ2n) is 7.71. The molecule has 1 aliphatic rings. The molecule has 1 fully saturated rings. The fourth-order valence-corrected chi connectivity index (χ4v) is 3.59. The predicted octanol–water partition coefficient (Wildman–Crippen LogP) is 4.57. The van der Waals surface area contributed by atoms with Gasteiger partial charge in [0.05, 0.1) is 25.9 Å². The molecule has 0 radical (unpaired) electrons. The minimum Gasteiger partial charge on any atom is -0.374 e. The van der Waals surface area contributed by atoms with Crippen LogP contribution in [0.5, 0.6) is 0 Å². The van der Waals surface area contributed by atoms with E-state index in [0.717, 1.165) is 16.7 Å². The second-order valence-corrected chi connectivity index (χ2v) is 7.71. The Morgan fingerprint density at radius 2 is 1.44 bits per heavy atom. The Morgan fingerprint density at radius 3 is 2.09 bits per heavy atom. The molecule has 32 heavy (non-hydrogen) atoms. The van der Waals surface area contributed by atoms with Crippen molar-refractivity contribution in [3.63, 3.8) is 0 Å². The number of rotatable bonds is 8. The van der Waals surface area contributed by atoms with Crippen LogP contribution in [0.3, 0.4) is 0 Å². The normalized spacial score (nSPS) is 19.8. The number of ether oxygens (including phenoxy) is 3. The molecule has 0 unspecified atom stereocenters. The first-order chi connectivity index (χ1) is 15.8. The third-order valence-corrected chi connectivity index (χ3v) is 5.30. The van der Waals surface area contributed by atoms with Crippen molar-refractivity contribution >= 4 is 5.78 Å². The highest BCUT2D eigenvalue weighted by molar-refractivity contribution is 5.99. The molecule has 0 amide bonds. The molecule has 0 aromatic heterocycles. The van der Waals surface area contributed by atoms with Crippen LogP contribution >= 0.6 is 0 Å². The summed E-state index contributed by atoms with van der Waals surface area (Å²) in [4.78, 5) is 12.7. The van der Waals surface area contributed by atoms with Crippen LogP contribution in [-0.4, -0.2) is 30.7 Å². The van der Waals surface area contributed by atoms with Crippen molar-refractivity contribution in [2.45, 2.75) is 37.9 Å². The van der Waals surface area contributed by atoms with Gasteiger partial charge in [-0.15, -0.1) is 0 Å². The molecule has 162 valence electrons. The van der Waals surface area contributed by atoms with Crippen LogP contribution in [0.4, 0.5) is 0 Å². The maximum atomic E-state index is 12.7. The Hall–Kier alpha value is -3.23. The van der Waals surface area contributed by atoms with Crippen molar-refractivity contribution in [3.05, 3.63) is 108 Å². The molecule has 4 heteroatoms. The maximum absolute atomic E-state index is 12.7. The number of ketones is 1. The highest BCUT2D eigenvalue weighted by Crippen LogP contribution is 2.26.